The van der Waals surface area contributed by atoms with Crippen LogP contribution in [0.15, 0.2) is 30.3 Å². The highest BCUT2D eigenvalue weighted by Gasteiger charge is 2.15. The topological polar surface area (TPSA) is 22.1 Å². The molecule has 0 aliphatic heterocycles. The first-order valence-electron chi connectivity index (χ1n) is 6.07. The predicted molar refractivity (Wildman–Crippen MR) is 84.5 cm³/mol. The quantitative estimate of drug-likeness (QED) is 0.618. The van der Waals surface area contributed by atoms with E-state index in [1.54, 1.807) is 0 Å². The maximum absolute atomic E-state index is 6.05. The van der Waals surface area contributed by atoms with E-state index in [2.05, 4.69) is 31.8 Å². The number of hydrogen-bond donors (Lipinski definition) is 0. The smallest absolute Gasteiger partial charge is 0.239 e. The van der Waals surface area contributed by atoms with Crippen molar-refractivity contribution in [1.82, 2.24) is 4.98 Å². The summed E-state index contributed by atoms with van der Waals surface area (Å²) in [6, 6.07) is 9.30. The van der Waals surface area contributed by atoms with E-state index >= 15 is 0 Å². The van der Waals surface area contributed by atoms with Gasteiger partial charge in [-0.25, -0.2) is 0 Å². The minimum Gasteiger partial charge on any atom is -0.437 e. The molecule has 0 N–H and O–H groups in total. The molecule has 1 heterocycles. The van der Waals surface area contributed by atoms with Gasteiger partial charge in [0, 0.05) is 0 Å². The first-order valence-corrected chi connectivity index (χ1v) is 7.21. The van der Waals surface area contributed by atoms with Gasteiger partial charge in [-0.3, -0.25) is 0 Å². The van der Waals surface area contributed by atoms with Crippen molar-refractivity contribution >= 4 is 34.8 Å². The van der Waals surface area contributed by atoms with Crippen molar-refractivity contribution < 1.29 is 4.74 Å². The average molecular weight is 331 g/mol. The monoisotopic (exact) mass is 329 g/mol. The van der Waals surface area contributed by atoms with Crippen LogP contribution in [0.4, 0.5) is 0 Å². The molecule has 0 saturated heterocycles. The molecule has 0 saturated carbocycles. The summed E-state index contributed by atoms with van der Waals surface area (Å²) in [5.74, 6) is 0.900. The molecule has 0 aliphatic carbocycles. The third-order valence-electron chi connectivity index (χ3n) is 2.77. The van der Waals surface area contributed by atoms with Gasteiger partial charge in [-0.2, -0.15) is 4.98 Å². The molecule has 5 heteroatoms. The van der Waals surface area contributed by atoms with Gasteiger partial charge in [0.05, 0.1) is 5.02 Å². The van der Waals surface area contributed by atoms with Crippen LogP contribution in [0.3, 0.4) is 0 Å². The van der Waals surface area contributed by atoms with Gasteiger partial charge >= 0.3 is 0 Å². The van der Waals surface area contributed by atoms with Gasteiger partial charge in [-0.15, -0.1) is 0 Å². The molecule has 20 heavy (non-hydrogen) atoms. The van der Waals surface area contributed by atoms with E-state index in [4.69, 9.17) is 39.5 Å². The van der Waals surface area contributed by atoms with Gasteiger partial charge in [0.2, 0.25) is 5.88 Å². The van der Waals surface area contributed by atoms with E-state index in [1.165, 1.54) is 6.07 Å². The van der Waals surface area contributed by atoms with Crippen LogP contribution in [0.25, 0.3) is 0 Å². The Morgan fingerprint density at radius 2 is 1.70 bits per heavy atom. The fourth-order valence-corrected chi connectivity index (χ4v) is 2.17. The average Bonchev–Trinajstić information content (AvgIpc) is 2.35. The lowest BCUT2D eigenvalue weighted by Crippen LogP contribution is -2.10. The highest BCUT2D eigenvalue weighted by atomic mass is 35.5. The number of benzene rings is 1. The number of pyridine rings is 1. The molecule has 0 fully saturated rings. The zero-order chi connectivity index (χ0) is 14.9. The number of rotatable bonds is 2. The Morgan fingerprint density at radius 1 is 1.00 bits per heavy atom. The lowest BCUT2D eigenvalue weighted by Gasteiger charge is -2.19. The Hall–Kier alpha value is -0.960. The summed E-state index contributed by atoms with van der Waals surface area (Å²) >= 11 is 17.8. The Labute approximate surface area is 133 Å². The lowest BCUT2D eigenvalue weighted by atomic mass is 9.87. The zero-order valence-electron chi connectivity index (χ0n) is 11.4. The fourth-order valence-electron chi connectivity index (χ4n) is 1.64. The third kappa shape index (κ3) is 3.57. The highest BCUT2D eigenvalue weighted by Crippen LogP contribution is 2.34. The normalized spacial score (nSPS) is 11.5. The molecule has 0 amide bonds. The summed E-state index contributed by atoms with van der Waals surface area (Å²) in [6.45, 7) is 6.41. The Morgan fingerprint density at radius 3 is 2.35 bits per heavy atom. The summed E-state index contributed by atoms with van der Waals surface area (Å²) in [5.41, 5.74) is 1.19. The molecule has 0 spiro atoms. The molecular weight excluding hydrogens is 317 g/mol. The van der Waals surface area contributed by atoms with Crippen LogP contribution in [0.2, 0.25) is 15.2 Å². The van der Waals surface area contributed by atoms with E-state index in [9.17, 15) is 0 Å². The fraction of sp³-hybridized carbons (Fsp3) is 0.267. The van der Waals surface area contributed by atoms with Crippen molar-refractivity contribution in [2.75, 3.05) is 0 Å². The summed E-state index contributed by atoms with van der Waals surface area (Å²) in [6.07, 6.45) is 0. The van der Waals surface area contributed by atoms with Gasteiger partial charge in [0.15, 0.2) is 5.15 Å². The third-order valence-corrected chi connectivity index (χ3v) is 3.71. The number of halogens is 3. The summed E-state index contributed by atoms with van der Waals surface area (Å²) in [7, 11) is 0. The number of aromatic nitrogens is 1. The highest BCUT2D eigenvalue weighted by molar-refractivity contribution is 6.42. The van der Waals surface area contributed by atoms with Crippen LogP contribution in [0.1, 0.15) is 26.3 Å². The Kier molecular flexibility index (Phi) is 4.48. The second-order valence-electron chi connectivity index (χ2n) is 5.43. The largest absolute Gasteiger partial charge is 0.437 e. The molecule has 1 aromatic carbocycles. The molecule has 0 aliphatic rings. The minimum absolute atomic E-state index is 0.0359. The summed E-state index contributed by atoms with van der Waals surface area (Å²) in [4.78, 5) is 4.04. The van der Waals surface area contributed by atoms with Crippen LogP contribution in [-0.2, 0) is 5.41 Å². The van der Waals surface area contributed by atoms with Crippen LogP contribution < -0.4 is 4.74 Å². The van der Waals surface area contributed by atoms with Crippen LogP contribution in [0, 0.1) is 0 Å². The molecule has 106 valence electrons. The SMILES string of the molecule is CC(C)(C)c1cccc(Oc2nc(Cl)c(Cl)cc2Cl)c1. The van der Waals surface area contributed by atoms with E-state index in [0.717, 1.165) is 5.56 Å². The summed E-state index contributed by atoms with van der Waals surface area (Å²) in [5, 5.41) is 0.783. The number of ether oxygens (including phenoxy) is 1. The van der Waals surface area contributed by atoms with Crippen LogP contribution in [-0.4, -0.2) is 4.98 Å². The van der Waals surface area contributed by atoms with Crippen molar-refractivity contribution in [2.45, 2.75) is 26.2 Å². The van der Waals surface area contributed by atoms with Crippen LogP contribution in [0.5, 0.6) is 11.6 Å². The standard InChI is InChI=1S/C15H14Cl3NO/c1-15(2,3)9-5-4-6-10(7-9)20-14-12(17)8-11(16)13(18)19-14/h4-8H,1-3H3. The molecule has 0 bridgehead atoms. The van der Waals surface area contributed by atoms with Crippen molar-refractivity contribution in [2.24, 2.45) is 0 Å². The van der Waals surface area contributed by atoms with E-state index in [0.29, 0.717) is 15.8 Å². The van der Waals surface area contributed by atoms with Crippen molar-refractivity contribution in [1.29, 1.82) is 0 Å². The zero-order valence-corrected chi connectivity index (χ0v) is 13.6. The molecule has 0 radical (unpaired) electrons. The van der Waals surface area contributed by atoms with Gasteiger partial charge in [-0.1, -0.05) is 67.7 Å². The van der Waals surface area contributed by atoms with Gasteiger partial charge in [0.25, 0.3) is 0 Å². The maximum Gasteiger partial charge on any atom is 0.239 e. The minimum atomic E-state index is 0.0359. The Bertz CT molecular complexity index is 636. The molecule has 2 aromatic rings. The Balaban J connectivity index is 2.33. The van der Waals surface area contributed by atoms with E-state index in [-0.39, 0.29) is 16.4 Å². The lowest BCUT2D eigenvalue weighted by molar-refractivity contribution is 0.460. The van der Waals surface area contributed by atoms with Gasteiger partial charge in [0.1, 0.15) is 10.8 Å². The summed E-state index contributed by atoms with van der Waals surface area (Å²) < 4.78 is 5.69. The number of nitrogens with zero attached hydrogens (tertiary/aromatic N) is 1. The van der Waals surface area contributed by atoms with Crippen molar-refractivity contribution in [3.8, 4) is 11.6 Å². The second-order valence-corrected chi connectivity index (χ2v) is 6.60. The predicted octanol–water partition coefficient (Wildman–Crippen LogP) is 6.13. The van der Waals surface area contributed by atoms with Crippen molar-refractivity contribution in [3.05, 3.63) is 51.1 Å². The van der Waals surface area contributed by atoms with Gasteiger partial charge < -0.3 is 4.74 Å². The molecule has 2 nitrogen and oxygen atoms in total. The van der Waals surface area contributed by atoms with E-state index in [1.807, 2.05) is 18.2 Å². The molecule has 0 unspecified atom stereocenters. The molecule has 2 rings (SSSR count). The first kappa shape index (κ1) is 15.4. The molecule has 0 atom stereocenters. The van der Waals surface area contributed by atoms with Crippen molar-refractivity contribution in [3.63, 3.8) is 0 Å². The molecule has 1 aromatic heterocycles. The molecular formula is C15H14Cl3NO. The van der Waals surface area contributed by atoms with Crippen LogP contribution >= 0.6 is 34.8 Å². The second kappa shape index (κ2) is 5.80. The first-order chi connectivity index (χ1) is 9.27. The maximum atomic E-state index is 6.05. The van der Waals surface area contributed by atoms with E-state index < -0.39 is 0 Å². The number of hydrogen-bond acceptors (Lipinski definition) is 2. The van der Waals surface area contributed by atoms with Gasteiger partial charge in [-0.05, 0) is 29.2 Å².